The molecule has 0 amide bonds. The maximum Gasteiger partial charge on any atom is 0.333 e. The highest BCUT2D eigenvalue weighted by Crippen LogP contribution is 2.51. The molecule has 17 heavy (non-hydrogen) atoms. The SMILES string of the molecule is O=C(O)C(O)C1(c2ccc([N+](=O)[O-])cc2)CC1. The molecule has 90 valence electrons. The van der Waals surface area contributed by atoms with Crippen molar-refractivity contribution >= 4 is 11.7 Å². The predicted octanol–water partition coefficient (Wildman–Crippen LogP) is 1.07. The van der Waals surface area contributed by atoms with E-state index in [1.807, 2.05) is 0 Å². The fraction of sp³-hybridized carbons (Fsp3) is 0.364. The first-order chi connectivity index (χ1) is 7.97. The minimum Gasteiger partial charge on any atom is -0.479 e. The molecule has 0 bridgehead atoms. The maximum atomic E-state index is 10.8. The van der Waals surface area contributed by atoms with E-state index in [2.05, 4.69) is 0 Å². The van der Waals surface area contributed by atoms with E-state index in [0.29, 0.717) is 18.4 Å². The zero-order valence-corrected chi connectivity index (χ0v) is 8.87. The molecular formula is C11H11NO5. The van der Waals surface area contributed by atoms with Gasteiger partial charge in [-0.2, -0.15) is 0 Å². The molecule has 1 aliphatic rings. The molecule has 1 aromatic rings. The number of hydrogen-bond donors (Lipinski definition) is 2. The Balaban J connectivity index is 2.29. The summed E-state index contributed by atoms with van der Waals surface area (Å²) in [5, 5.41) is 28.9. The van der Waals surface area contributed by atoms with Gasteiger partial charge in [0, 0.05) is 17.5 Å². The van der Waals surface area contributed by atoms with E-state index in [9.17, 15) is 20.0 Å². The minimum absolute atomic E-state index is 0.0469. The number of carboxylic acids is 1. The van der Waals surface area contributed by atoms with Gasteiger partial charge in [-0.05, 0) is 18.4 Å². The Bertz CT molecular complexity index is 463. The molecule has 1 fully saturated rings. The Kier molecular flexibility index (Phi) is 2.59. The number of rotatable bonds is 4. The second kappa shape index (κ2) is 3.81. The average Bonchev–Trinajstić information content (AvgIpc) is 3.09. The summed E-state index contributed by atoms with van der Waals surface area (Å²) >= 11 is 0. The number of hydrogen-bond acceptors (Lipinski definition) is 4. The lowest BCUT2D eigenvalue weighted by atomic mass is 9.90. The maximum absolute atomic E-state index is 10.8. The van der Waals surface area contributed by atoms with Crippen LogP contribution in [0.2, 0.25) is 0 Å². The van der Waals surface area contributed by atoms with Gasteiger partial charge in [-0.3, -0.25) is 10.1 Å². The van der Waals surface area contributed by atoms with Crippen molar-refractivity contribution in [1.29, 1.82) is 0 Å². The van der Waals surface area contributed by atoms with Crippen molar-refractivity contribution in [1.82, 2.24) is 0 Å². The Hall–Kier alpha value is -1.95. The van der Waals surface area contributed by atoms with Crippen LogP contribution in [0.1, 0.15) is 18.4 Å². The van der Waals surface area contributed by atoms with E-state index >= 15 is 0 Å². The second-order valence-corrected chi connectivity index (χ2v) is 4.20. The third-order valence-corrected chi connectivity index (χ3v) is 3.20. The van der Waals surface area contributed by atoms with E-state index in [1.54, 1.807) is 0 Å². The van der Waals surface area contributed by atoms with E-state index in [0.717, 1.165) is 0 Å². The summed E-state index contributed by atoms with van der Waals surface area (Å²) in [5.41, 5.74) is -0.173. The number of nitro benzene ring substituents is 1. The molecule has 6 heteroatoms. The highest BCUT2D eigenvalue weighted by Gasteiger charge is 2.53. The number of carboxylic acid groups (broad SMARTS) is 1. The number of nitro groups is 1. The van der Waals surface area contributed by atoms with Gasteiger partial charge in [-0.15, -0.1) is 0 Å². The molecule has 2 rings (SSSR count). The zero-order chi connectivity index (χ0) is 12.6. The van der Waals surface area contributed by atoms with Crippen LogP contribution < -0.4 is 0 Å². The van der Waals surface area contributed by atoms with Gasteiger partial charge in [0.25, 0.3) is 5.69 Å². The highest BCUT2D eigenvalue weighted by molar-refractivity contribution is 5.75. The normalized spacial score (nSPS) is 18.4. The summed E-state index contributed by atoms with van der Waals surface area (Å²) in [5.74, 6) is -1.26. The molecule has 1 aliphatic carbocycles. The van der Waals surface area contributed by atoms with Gasteiger partial charge < -0.3 is 10.2 Å². The summed E-state index contributed by atoms with van der Waals surface area (Å²) < 4.78 is 0. The molecule has 6 nitrogen and oxygen atoms in total. The van der Waals surface area contributed by atoms with Crippen LogP contribution in [0.4, 0.5) is 5.69 Å². The fourth-order valence-electron chi connectivity index (χ4n) is 2.01. The van der Waals surface area contributed by atoms with Gasteiger partial charge in [0.2, 0.25) is 0 Å². The van der Waals surface area contributed by atoms with Gasteiger partial charge in [0.1, 0.15) is 0 Å². The molecule has 0 aromatic heterocycles. The first-order valence-corrected chi connectivity index (χ1v) is 5.13. The van der Waals surface area contributed by atoms with Crippen molar-refractivity contribution in [2.45, 2.75) is 24.4 Å². The summed E-state index contributed by atoms with van der Waals surface area (Å²) in [7, 11) is 0. The van der Waals surface area contributed by atoms with Crippen LogP contribution in [-0.4, -0.2) is 27.2 Å². The summed E-state index contributed by atoms with van der Waals surface area (Å²) in [4.78, 5) is 20.7. The van der Waals surface area contributed by atoms with Crippen molar-refractivity contribution in [3.63, 3.8) is 0 Å². The van der Waals surface area contributed by atoms with Crippen LogP contribution in [0, 0.1) is 10.1 Å². The predicted molar refractivity (Wildman–Crippen MR) is 57.7 cm³/mol. The quantitative estimate of drug-likeness (QED) is 0.602. The summed E-state index contributed by atoms with van der Waals surface area (Å²) in [6, 6.07) is 5.67. The van der Waals surface area contributed by atoms with Crippen LogP contribution >= 0.6 is 0 Å². The lowest BCUT2D eigenvalue weighted by molar-refractivity contribution is -0.384. The molecule has 0 saturated heterocycles. The van der Waals surface area contributed by atoms with Crippen LogP contribution in [0.25, 0.3) is 0 Å². The fourth-order valence-corrected chi connectivity index (χ4v) is 2.01. The number of non-ortho nitro benzene ring substituents is 1. The Labute approximate surface area is 96.7 Å². The molecule has 1 unspecified atom stereocenters. The summed E-state index contributed by atoms with van der Waals surface area (Å²) in [6.07, 6.45) is -0.291. The molecule has 0 aliphatic heterocycles. The number of aliphatic carboxylic acids is 1. The lowest BCUT2D eigenvalue weighted by Gasteiger charge is -2.18. The highest BCUT2D eigenvalue weighted by atomic mass is 16.6. The number of benzene rings is 1. The smallest absolute Gasteiger partial charge is 0.333 e. The third kappa shape index (κ3) is 1.87. The molecule has 1 aromatic carbocycles. The van der Waals surface area contributed by atoms with Gasteiger partial charge in [0.15, 0.2) is 6.10 Å². The van der Waals surface area contributed by atoms with Crippen LogP contribution in [0.5, 0.6) is 0 Å². The molecule has 0 heterocycles. The second-order valence-electron chi connectivity index (χ2n) is 4.20. The summed E-state index contributed by atoms with van der Waals surface area (Å²) in [6.45, 7) is 0. The number of nitrogens with zero attached hydrogens (tertiary/aromatic N) is 1. The van der Waals surface area contributed by atoms with E-state index < -0.39 is 22.4 Å². The van der Waals surface area contributed by atoms with Crippen molar-refractivity contribution in [2.75, 3.05) is 0 Å². The van der Waals surface area contributed by atoms with Gasteiger partial charge >= 0.3 is 5.97 Å². The molecule has 0 spiro atoms. The van der Waals surface area contributed by atoms with Gasteiger partial charge in [-0.1, -0.05) is 12.1 Å². The van der Waals surface area contributed by atoms with Gasteiger partial charge in [0.05, 0.1) is 4.92 Å². The minimum atomic E-state index is -1.45. The van der Waals surface area contributed by atoms with Crippen LogP contribution in [0.3, 0.4) is 0 Å². The van der Waals surface area contributed by atoms with Crippen LogP contribution in [-0.2, 0) is 10.2 Å². The third-order valence-electron chi connectivity index (χ3n) is 3.20. The van der Waals surface area contributed by atoms with E-state index in [1.165, 1.54) is 24.3 Å². The van der Waals surface area contributed by atoms with E-state index in [-0.39, 0.29) is 5.69 Å². The first-order valence-electron chi connectivity index (χ1n) is 5.13. The van der Waals surface area contributed by atoms with Crippen LogP contribution in [0.15, 0.2) is 24.3 Å². The number of aliphatic hydroxyl groups excluding tert-OH is 1. The molecule has 0 radical (unpaired) electrons. The zero-order valence-electron chi connectivity index (χ0n) is 8.87. The number of aliphatic hydroxyl groups is 1. The average molecular weight is 237 g/mol. The van der Waals surface area contributed by atoms with E-state index in [4.69, 9.17) is 5.11 Å². The van der Waals surface area contributed by atoms with Crippen molar-refractivity contribution in [3.05, 3.63) is 39.9 Å². The first kappa shape index (κ1) is 11.5. The monoisotopic (exact) mass is 237 g/mol. The standard InChI is InChI=1S/C11H11NO5/c13-9(10(14)15)11(5-6-11)7-1-3-8(4-2-7)12(16)17/h1-4,9,13H,5-6H2,(H,14,15). The Morgan fingerprint density at radius 2 is 1.88 bits per heavy atom. The van der Waals surface area contributed by atoms with Crippen molar-refractivity contribution in [3.8, 4) is 0 Å². The topological polar surface area (TPSA) is 101 Å². The molecule has 2 N–H and O–H groups in total. The molecule has 1 atom stereocenters. The Morgan fingerprint density at radius 3 is 2.24 bits per heavy atom. The lowest BCUT2D eigenvalue weighted by Crippen LogP contribution is -2.33. The van der Waals surface area contributed by atoms with Crippen molar-refractivity contribution in [2.24, 2.45) is 0 Å². The molecular weight excluding hydrogens is 226 g/mol. The largest absolute Gasteiger partial charge is 0.479 e. The number of carbonyl (C=O) groups is 1. The Morgan fingerprint density at radius 1 is 1.35 bits per heavy atom. The van der Waals surface area contributed by atoms with Gasteiger partial charge in [-0.25, -0.2) is 4.79 Å². The molecule has 1 saturated carbocycles. The van der Waals surface area contributed by atoms with Crippen molar-refractivity contribution < 1.29 is 19.9 Å².